The number of carboxylic acids is 1. The van der Waals surface area contributed by atoms with E-state index in [-0.39, 0.29) is 12.5 Å². The number of carboxylic acid groups (broad SMARTS) is 1. The molecule has 1 heterocycles. The molecule has 0 spiro atoms. The zero-order chi connectivity index (χ0) is 14.6. The summed E-state index contributed by atoms with van der Waals surface area (Å²) in [6.07, 6.45) is 4.73. The molecule has 1 aliphatic heterocycles. The predicted octanol–water partition coefficient (Wildman–Crippen LogP) is 2.31. The highest BCUT2D eigenvalue weighted by molar-refractivity contribution is 7.99. The van der Waals surface area contributed by atoms with Crippen LogP contribution in [-0.2, 0) is 4.79 Å². The van der Waals surface area contributed by atoms with Gasteiger partial charge in [0.1, 0.15) is 0 Å². The van der Waals surface area contributed by atoms with E-state index in [0.717, 1.165) is 50.9 Å². The van der Waals surface area contributed by atoms with Crippen LogP contribution in [0.4, 0.5) is 4.79 Å². The van der Waals surface area contributed by atoms with Crippen molar-refractivity contribution in [3.8, 4) is 0 Å². The van der Waals surface area contributed by atoms with Crippen molar-refractivity contribution < 1.29 is 14.7 Å². The van der Waals surface area contributed by atoms with Crippen molar-refractivity contribution in [3.05, 3.63) is 0 Å². The first kappa shape index (κ1) is 15.5. The van der Waals surface area contributed by atoms with Gasteiger partial charge < -0.3 is 15.3 Å². The molecule has 0 aromatic rings. The Morgan fingerprint density at radius 2 is 2.05 bits per heavy atom. The fraction of sp³-hybridized carbons (Fsp3) is 0.857. The van der Waals surface area contributed by atoms with E-state index in [1.165, 1.54) is 0 Å². The normalized spacial score (nSPS) is 26.1. The molecule has 2 aliphatic rings. The molecule has 1 saturated carbocycles. The summed E-state index contributed by atoms with van der Waals surface area (Å²) in [5, 5.41) is 12.6. The number of hydrogen-bond donors (Lipinski definition) is 2. The highest BCUT2D eigenvalue weighted by Crippen LogP contribution is 2.31. The van der Waals surface area contributed by atoms with E-state index >= 15 is 0 Å². The minimum Gasteiger partial charge on any atom is -0.481 e. The molecule has 0 radical (unpaired) electrons. The molecule has 114 valence electrons. The Morgan fingerprint density at radius 3 is 2.65 bits per heavy atom. The van der Waals surface area contributed by atoms with Crippen molar-refractivity contribution in [2.24, 2.45) is 0 Å². The lowest BCUT2D eigenvalue weighted by Crippen LogP contribution is -2.57. The molecule has 0 bridgehead atoms. The van der Waals surface area contributed by atoms with Crippen molar-refractivity contribution in [1.29, 1.82) is 0 Å². The number of carbonyl (C=O) groups excluding carboxylic acids is 1. The van der Waals surface area contributed by atoms with E-state index in [0.29, 0.717) is 5.25 Å². The maximum atomic E-state index is 12.4. The molecule has 2 amide bonds. The van der Waals surface area contributed by atoms with E-state index in [1.807, 2.05) is 16.7 Å². The van der Waals surface area contributed by atoms with Crippen LogP contribution < -0.4 is 5.32 Å². The molecule has 0 aromatic heterocycles. The monoisotopic (exact) mass is 300 g/mol. The van der Waals surface area contributed by atoms with Crippen LogP contribution in [0.25, 0.3) is 0 Å². The number of rotatable bonds is 3. The number of urea groups is 1. The predicted molar refractivity (Wildman–Crippen MR) is 80.1 cm³/mol. The van der Waals surface area contributed by atoms with Crippen LogP contribution in [0.1, 0.15) is 45.4 Å². The van der Waals surface area contributed by atoms with Gasteiger partial charge in [-0.3, -0.25) is 4.79 Å². The van der Waals surface area contributed by atoms with Crippen molar-refractivity contribution in [2.75, 3.05) is 18.8 Å². The van der Waals surface area contributed by atoms with Crippen LogP contribution in [0, 0.1) is 0 Å². The second kappa shape index (κ2) is 6.70. The number of hydrogen-bond acceptors (Lipinski definition) is 3. The zero-order valence-corrected chi connectivity index (χ0v) is 12.9. The molecule has 6 heteroatoms. The molecule has 1 saturated heterocycles. The molecule has 2 rings (SSSR count). The van der Waals surface area contributed by atoms with Gasteiger partial charge in [-0.1, -0.05) is 26.2 Å². The largest absolute Gasteiger partial charge is 0.481 e. The van der Waals surface area contributed by atoms with Gasteiger partial charge in [0.25, 0.3) is 0 Å². The van der Waals surface area contributed by atoms with Gasteiger partial charge in [-0.2, -0.15) is 11.8 Å². The van der Waals surface area contributed by atoms with E-state index in [9.17, 15) is 9.59 Å². The number of amides is 2. The first-order valence-corrected chi connectivity index (χ1v) is 8.46. The van der Waals surface area contributed by atoms with Gasteiger partial charge in [-0.15, -0.1) is 0 Å². The molecule has 20 heavy (non-hydrogen) atoms. The topological polar surface area (TPSA) is 69.6 Å². The van der Waals surface area contributed by atoms with E-state index in [4.69, 9.17) is 5.11 Å². The Labute approximate surface area is 124 Å². The second-order valence-corrected chi connectivity index (χ2v) is 7.52. The van der Waals surface area contributed by atoms with Gasteiger partial charge in [0.2, 0.25) is 0 Å². The summed E-state index contributed by atoms with van der Waals surface area (Å²) in [5.74, 6) is 0.135. The van der Waals surface area contributed by atoms with Gasteiger partial charge in [-0.25, -0.2) is 4.79 Å². The maximum Gasteiger partial charge on any atom is 0.317 e. The van der Waals surface area contributed by atoms with Crippen LogP contribution in [-0.4, -0.2) is 51.6 Å². The Kier molecular flexibility index (Phi) is 5.18. The Balaban J connectivity index is 1.99. The lowest BCUT2D eigenvalue weighted by molar-refractivity contribution is -0.139. The number of nitrogens with one attached hydrogen (secondary N) is 1. The first-order chi connectivity index (χ1) is 9.51. The van der Waals surface area contributed by atoms with Crippen LogP contribution in [0.2, 0.25) is 0 Å². The molecule has 1 aliphatic carbocycles. The average Bonchev–Trinajstić information content (AvgIpc) is 2.38. The number of carbonyl (C=O) groups is 2. The van der Waals surface area contributed by atoms with Gasteiger partial charge >= 0.3 is 12.0 Å². The fourth-order valence-electron chi connectivity index (χ4n) is 3.17. The van der Waals surface area contributed by atoms with Gasteiger partial charge in [0.15, 0.2) is 0 Å². The summed E-state index contributed by atoms with van der Waals surface area (Å²) in [4.78, 5) is 25.4. The van der Waals surface area contributed by atoms with E-state index < -0.39 is 11.5 Å². The Morgan fingerprint density at radius 1 is 1.35 bits per heavy atom. The fourth-order valence-corrected chi connectivity index (χ4v) is 4.19. The van der Waals surface area contributed by atoms with E-state index in [1.54, 1.807) is 0 Å². The second-order valence-electron chi connectivity index (χ2n) is 5.97. The number of thioether (sulfide) groups is 1. The molecule has 2 fully saturated rings. The van der Waals surface area contributed by atoms with Gasteiger partial charge in [0.05, 0.1) is 12.0 Å². The van der Waals surface area contributed by atoms with Crippen molar-refractivity contribution in [1.82, 2.24) is 10.2 Å². The SMILES string of the molecule is CC1CN(C(=O)NC2(CC(=O)O)CCCCC2)CCS1. The van der Waals surface area contributed by atoms with Crippen LogP contribution in [0.5, 0.6) is 0 Å². The molecule has 1 unspecified atom stereocenters. The highest BCUT2D eigenvalue weighted by Gasteiger charge is 2.37. The van der Waals surface area contributed by atoms with Crippen LogP contribution in [0.15, 0.2) is 0 Å². The minimum atomic E-state index is -0.824. The molecule has 0 aromatic carbocycles. The zero-order valence-electron chi connectivity index (χ0n) is 12.1. The number of nitrogens with zero attached hydrogens (tertiary/aromatic N) is 1. The third-order valence-corrected chi connectivity index (χ3v) is 5.34. The lowest BCUT2D eigenvalue weighted by Gasteiger charge is -2.40. The maximum absolute atomic E-state index is 12.4. The van der Waals surface area contributed by atoms with Crippen molar-refractivity contribution in [3.63, 3.8) is 0 Å². The quantitative estimate of drug-likeness (QED) is 0.839. The smallest absolute Gasteiger partial charge is 0.317 e. The molecule has 2 N–H and O–H groups in total. The van der Waals surface area contributed by atoms with Crippen LogP contribution >= 0.6 is 11.8 Å². The third kappa shape index (κ3) is 4.04. The summed E-state index contributed by atoms with van der Waals surface area (Å²) in [6, 6.07) is -0.0831. The minimum absolute atomic E-state index is 0.0386. The molecule has 5 nitrogen and oxygen atoms in total. The van der Waals surface area contributed by atoms with E-state index in [2.05, 4.69) is 12.2 Å². The third-order valence-electron chi connectivity index (χ3n) is 4.20. The summed E-state index contributed by atoms with van der Waals surface area (Å²) in [6.45, 7) is 3.63. The van der Waals surface area contributed by atoms with Gasteiger partial charge in [-0.05, 0) is 12.8 Å². The van der Waals surface area contributed by atoms with Crippen molar-refractivity contribution >= 4 is 23.8 Å². The highest BCUT2D eigenvalue weighted by atomic mass is 32.2. The summed E-state index contributed by atoms with van der Waals surface area (Å²) < 4.78 is 0. The standard InChI is InChI=1S/C14H24N2O3S/c1-11-10-16(7-8-20-11)13(19)15-14(9-12(17)18)5-3-2-4-6-14/h11H,2-10H2,1H3,(H,15,19)(H,17,18). The molecule has 1 atom stereocenters. The summed E-state index contributed by atoms with van der Waals surface area (Å²) >= 11 is 1.88. The summed E-state index contributed by atoms with van der Waals surface area (Å²) in [5.41, 5.74) is -0.533. The molecular formula is C14H24N2O3S. The number of aliphatic carboxylic acids is 1. The summed E-state index contributed by atoms with van der Waals surface area (Å²) in [7, 11) is 0. The van der Waals surface area contributed by atoms with Crippen molar-refractivity contribution in [2.45, 2.75) is 56.2 Å². The lowest BCUT2D eigenvalue weighted by atomic mass is 9.79. The van der Waals surface area contributed by atoms with Crippen LogP contribution in [0.3, 0.4) is 0 Å². The molecular weight excluding hydrogens is 276 g/mol. The average molecular weight is 300 g/mol. The first-order valence-electron chi connectivity index (χ1n) is 7.41. The Hall–Kier alpha value is -0.910. The van der Waals surface area contributed by atoms with Gasteiger partial charge in [0, 0.05) is 24.1 Å². The Bertz CT molecular complexity index is 369.